The Kier molecular flexibility index (Phi) is 6.06. The van der Waals surface area contributed by atoms with E-state index in [9.17, 15) is 39.6 Å². The molecule has 0 saturated heterocycles. The predicted molar refractivity (Wildman–Crippen MR) is 113 cm³/mol. The molecular formula is C21H14F6N4O4S. The van der Waals surface area contributed by atoms with Crippen LogP contribution >= 0.6 is 0 Å². The summed E-state index contributed by atoms with van der Waals surface area (Å²) in [7, 11) is -4.09. The summed E-state index contributed by atoms with van der Waals surface area (Å²) >= 11 is 0. The van der Waals surface area contributed by atoms with Crippen molar-refractivity contribution in [2.45, 2.75) is 24.4 Å². The summed E-state index contributed by atoms with van der Waals surface area (Å²) in [5.74, 6) is -1.48. The van der Waals surface area contributed by atoms with Crippen molar-refractivity contribution in [2.75, 3.05) is 5.75 Å². The van der Waals surface area contributed by atoms with E-state index in [4.69, 9.17) is 0 Å². The summed E-state index contributed by atoms with van der Waals surface area (Å²) in [6, 6.07) is 7.08. The zero-order valence-corrected chi connectivity index (χ0v) is 18.8. The number of pyridine rings is 2. The first-order valence-electron chi connectivity index (χ1n) is 9.97. The predicted octanol–water partition coefficient (Wildman–Crippen LogP) is 4.26. The summed E-state index contributed by atoms with van der Waals surface area (Å²) in [5.41, 5.74) is -2.25. The molecule has 0 amide bonds. The normalized spacial score (nSPS) is 12.8. The second-order valence-corrected chi connectivity index (χ2v) is 9.61. The lowest BCUT2D eigenvalue weighted by molar-refractivity contribution is -0.274. The number of sulfone groups is 1. The van der Waals surface area contributed by atoms with E-state index in [0.717, 1.165) is 35.0 Å². The molecule has 190 valence electrons. The summed E-state index contributed by atoms with van der Waals surface area (Å²) < 4.78 is 108. The smallest absolute Gasteiger partial charge is 0.406 e. The number of benzene rings is 1. The minimum Gasteiger partial charge on any atom is -0.406 e. The lowest BCUT2D eigenvalue weighted by atomic mass is 10.1. The Balaban J connectivity index is 1.89. The highest BCUT2D eigenvalue weighted by Gasteiger charge is 2.32. The van der Waals surface area contributed by atoms with E-state index in [2.05, 4.69) is 14.8 Å². The molecule has 0 atom stereocenters. The Bertz CT molecular complexity index is 1620. The zero-order valence-electron chi connectivity index (χ0n) is 18.0. The minimum atomic E-state index is -4.95. The molecule has 36 heavy (non-hydrogen) atoms. The van der Waals surface area contributed by atoms with Crippen molar-refractivity contribution in [3.05, 3.63) is 70.9 Å². The van der Waals surface area contributed by atoms with Crippen LogP contribution in [-0.2, 0) is 16.0 Å². The first kappa shape index (κ1) is 25.2. The highest BCUT2D eigenvalue weighted by molar-refractivity contribution is 7.91. The Hall–Kier alpha value is -3.88. The SMILES string of the molecule is CCS(=O)(=O)c1cc(-c2cccc(OC(F)(F)F)c2)cnc1-n1nc2cc(C(F)(F)F)ccn2c1=O. The van der Waals surface area contributed by atoms with E-state index in [1.165, 1.54) is 19.1 Å². The summed E-state index contributed by atoms with van der Waals surface area (Å²) in [4.78, 5) is 16.3. The van der Waals surface area contributed by atoms with Crippen molar-refractivity contribution in [3.8, 4) is 22.7 Å². The third-order valence-corrected chi connectivity index (χ3v) is 6.73. The quantitative estimate of drug-likeness (QED) is 0.357. The van der Waals surface area contributed by atoms with Gasteiger partial charge in [0.05, 0.1) is 11.3 Å². The van der Waals surface area contributed by atoms with Crippen molar-refractivity contribution in [2.24, 2.45) is 0 Å². The van der Waals surface area contributed by atoms with Gasteiger partial charge in [0.2, 0.25) is 0 Å². The van der Waals surface area contributed by atoms with Crippen LogP contribution in [0, 0.1) is 0 Å². The van der Waals surface area contributed by atoms with Crippen LogP contribution in [0.25, 0.3) is 22.6 Å². The van der Waals surface area contributed by atoms with Gasteiger partial charge in [0.25, 0.3) is 0 Å². The van der Waals surface area contributed by atoms with Gasteiger partial charge < -0.3 is 4.74 Å². The van der Waals surface area contributed by atoms with Crippen molar-refractivity contribution in [3.63, 3.8) is 0 Å². The number of aromatic nitrogens is 4. The van der Waals surface area contributed by atoms with E-state index < -0.39 is 61.5 Å². The number of fused-ring (bicyclic) bond motifs is 1. The Morgan fingerprint density at radius 2 is 1.72 bits per heavy atom. The van der Waals surface area contributed by atoms with Gasteiger partial charge in [-0.25, -0.2) is 22.6 Å². The van der Waals surface area contributed by atoms with Gasteiger partial charge in [-0.15, -0.1) is 18.3 Å². The van der Waals surface area contributed by atoms with Crippen LogP contribution in [0.5, 0.6) is 5.75 Å². The molecule has 3 heterocycles. The molecule has 0 aliphatic heterocycles. The van der Waals surface area contributed by atoms with Gasteiger partial charge in [-0.3, -0.25) is 0 Å². The Morgan fingerprint density at radius 3 is 2.36 bits per heavy atom. The lowest BCUT2D eigenvalue weighted by Crippen LogP contribution is -2.23. The molecule has 0 bridgehead atoms. The van der Waals surface area contributed by atoms with Crippen molar-refractivity contribution >= 4 is 15.5 Å². The number of nitrogens with zero attached hydrogens (tertiary/aromatic N) is 4. The van der Waals surface area contributed by atoms with Gasteiger partial charge in [0, 0.05) is 18.0 Å². The number of ether oxygens (including phenoxy) is 1. The molecule has 1 aromatic carbocycles. The third kappa shape index (κ3) is 4.91. The van der Waals surface area contributed by atoms with E-state index >= 15 is 0 Å². The Labute approximate surface area is 198 Å². The maximum Gasteiger partial charge on any atom is 0.573 e. The molecule has 0 aliphatic rings. The first-order chi connectivity index (χ1) is 16.7. The van der Waals surface area contributed by atoms with Crippen LogP contribution in [-0.4, -0.2) is 39.7 Å². The van der Waals surface area contributed by atoms with Crippen LogP contribution in [0.2, 0.25) is 0 Å². The van der Waals surface area contributed by atoms with Crippen LogP contribution in [0.3, 0.4) is 0 Å². The maximum absolute atomic E-state index is 13.1. The van der Waals surface area contributed by atoms with Crippen LogP contribution in [0.15, 0.2) is 64.5 Å². The molecule has 3 aromatic heterocycles. The highest BCUT2D eigenvalue weighted by atomic mass is 32.2. The van der Waals surface area contributed by atoms with E-state index in [-0.39, 0.29) is 11.1 Å². The average Bonchev–Trinajstić information content (AvgIpc) is 3.13. The molecule has 0 unspecified atom stereocenters. The molecule has 0 aliphatic carbocycles. The van der Waals surface area contributed by atoms with Crippen molar-refractivity contribution in [1.82, 2.24) is 19.2 Å². The fourth-order valence-electron chi connectivity index (χ4n) is 3.30. The fraction of sp³-hybridized carbons (Fsp3) is 0.190. The van der Waals surface area contributed by atoms with E-state index in [0.29, 0.717) is 16.8 Å². The monoisotopic (exact) mass is 532 g/mol. The average molecular weight is 532 g/mol. The fourth-order valence-corrected chi connectivity index (χ4v) is 4.33. The highest BCUT2D eigenvalue weighted by Crippen LogP contribution is 2.31. The van der Waals surface area contributed by atoms with Gasteiger partial charge in [-0.05, 0) is 35.9 Å². The van der Waals surface area contributed by atoms with Crippen LogP contribution < -0.4 is 10.4 Å². The standard InChI is InChI=1S/C21H14F6N4O4S/c1-2-36(33,34)16-9-13(12-4-3-5-15(8-12)35-21(25,26)27)11-28-18(16)31-19(32)30-7-6-14(20(22,23)24)10-17(30)29-31/h3-11H,2H2,1H3. The van der Waals surface area contributed by atoms with Gasteiger partial charge >= 0.3 is 18.2 Å². The molecule has 0 N–H and O–H groups in total. The molecule has 0 fully saturated rings. The lowest BCUT2D eigenvalue weighted by Gasteiger charge is -2.12. The molecule has 4 aromatic rings. The summed E-state index contributed by atoms with van der Waals surface area (Å²) in [6.45, 7) is 1.31. The molecule has 15 heteroatoms. The van der Waals surface area contributed by atoms with Crippen molar-refractivity contribution < 1.29 is 39.5 Å². The minimum absolute atomic E-state index is 0.0783. The van der Waals surface area contributed by atoms with E-state index in [1.54, 1.807) is 0 Å². The second-order valence-electron chi connectivity index (χ2n) is 7.36. The molecule has 0 spiro atoms. The third-order valence-electron chi connectivity index (χ3n) is 5.00. The van der Waals surface area contributed by atoms with Crippen LogP contribution in [0.4, 0.5) is 26.3 Å². The van der Waals surface area contributed by atoms with Gasteiger partial charge in [-0.1, -0.05) is 19.1 Å². The van der Waals surface area contributed by atoms with Gasteiger partial charge in [0.1, 0.15) is 10.6 Å². The number of hydrogen-bond donors (Lipinski definition) is 0. The Morgan fingerprint density at radius 1 is 1.00 bits per heavy atom. The van der Waals surface area contributed by atoms with Gasteiger partial charge in [0.15, 0.2) is 21.3 Å². The van der Waals surface area contributed by atoms with E-state index in [1.807, 2.05) is 0 Å². The molecule has 0 saturated carbocycles. The maximum atomic E-state index is 13.1. The number of halogens is 6. The first-order valence-corrected chi connectivity index (χ1v) is 11.6. The molecule has 8 nitrogen and oxygen atoms in total. The van der Waals surface area contributed by atoms with Crippen molar-refractivity contribution in [1.29, 1.82) is 0 Å². The van der Waals surface area contributed by atoms with Crippen LogP contribution in [0.1, 0.15) is 12.5 Å². The number of alkyl halides is 6. The topological polar surface area (TPSA) is 95.6 Å². The zero-order chi connectivity index (χ0) is 26.5. The largest absolute Gasteiger partial charge is 0.573 e. The number of rotatable bonds is 5. The summed E-state index contributed by atoms with van der Waals surface area (Å²) in [5, 5.41) is 3.82. The second kappa shape index (κ2) is 8.65. The number of hydrogen-bond acceptors (Lipinski definition) is 6. The molecule has 0 radical (unpaired) electrons. The molecule has 4 rings (SSSR count). The molecular weight excluding hydrogens is 518 g/mol. The van der Waals surface area contributed by atoms with Gasteiger partial charge in [-0.2, -0.15) is 17.9 Å². The summed E-state index contributed by atoms with van der Waals surface area (Å²) in [6.07, 6.45) is -7.72.